The molecule has 8 heteroatoms. The number of likely N-dealkylation sites (tertiary alicyclic amines) is 1. The highest BCUT2D eigenvalue weighted by Gasteiger charge is 2.26. The van der Waals surface area contributed by atoms with Crippen LogP contribution in [0.1, 0.15) is 12.8 Å². The van der Waals surface area contributed by atoms with Gasteiger partial charge in [-0.05, 0) is 50.2 Å². The summed E-state index contributed by atoms with van der Waals surface area (Å²) < 4.78 is 33.1. The molecule has 132 valence electrons. The molecule has 0 atom stereocenters. The van der Waals surface area contributed by atoms with E-state index in [1.807, 2.05) is 4.90 Å². The Bertz CT molecular complexity index is 558. The number of rotatable bonds is 6. The predicted octanol–water partition coefficient (Wildman–Crippen LogP) is 2.11. The van der Waals surface area contributed by atoms with Crippen molar-refractivity contribution in [2.24, 2.45) is 5.92 Å². The van der Waals surface area contributed by atoms with E-state index < -0.39 is 6.61 Å². The maximum Gasteiger partial charge on any atom is 0.387 e. The van der Waals surface area contributed by atoms with Gasteiger partial charge in [0.25, 0.3) is 0 Å². The molecule has 0 bridgehead atoms. The largest absolute Gasteiger partial charge is 0.469 e. The van der Waals surface area contributed by atoms with Crippen LogP contribution in [0.3, 0.4) is 0 Å². The number of ether oxygens (including phenoxy) is 2. The Kier molecular flexibility index (Phi) is 6.48. The van der Waals surface area contributed by atoms with Gasteiger partial charge in [0.1, 0.15) is 5.75 Å². The molecule has 1 aliphatic rings. The fraction of sp³-hybridized carbons (Fsp3) is 0.500. The van der Waals surface area contributed by atoms with Crippen molar-refractivity contribution >= 4 is 17.6 Å². The van der Waals surface area contributed by atoms with Crippen molar-refractivity contribution in [1.29, 1.82) is 0 Å². The second-order valence-electron chi connectivity index (χ2n) is 5.52. The molecule has 1 amide bonds. The molecule has 1 heterocycles. The fourth-order valence-electron chi connectivity index (χ4n) is 2.62. The summed E-state index contributed by atoms with van der Waals surface area (Å²) in [4.78, 5) is 25.4. The third-order valence-corrected chi connectivity index (χ3v) is 3.85. The molecular formula is C16H20F2N2O4. The van der Waals surface area contributed by atoms with Crippen LogP contribution in [0.25, 0.3) is 0 Å². The van der Waals surface area contributed by atoms with E-state index in [0.29, 0.717) is 31.6 Å². The number of carbonyl (C=O) groups is 2. The molecule has 0 radical (unpaired) electrons. The van der Waals surface area contributed by atoms with Crippen LogP contribution in [0, 0.1) is 5.92 Å². The molecule has 0 aliphatic carbocycles. The Hall–Kier alpha value is -2.22. The number of nitrogens with one attached hydrogen (secondary N) is 1. The van der Waals surface area contributed by atoms with Crippen molar-refractivity contribution in [3.05, 3.63) is 24.3 Å². The Morgan fingerprint density at radius 3 is 2.42 bits per heavy atom. The molecule has 1 aromatic rings. The van der Waals surface area contributed by atoms with E-state index >= 15 is 0 Å². The fourth-order valence-corrected chi connectivity index (χ4v) is 2.62. The van der Waals surface area contributed by atoms with Gasteiger partial charge in [-0.15, -0.1) is 0 Å². The summed E-state index contributed by atoms with van der Waals surface area (Å²) in [5.74, 6) is -0.469. The highest BCUT2D eigenvalue weighted by molar-refractivity contribution is 5.92. The number of amides is 1. The van der Waals surface area contributed by atoms with Crippen molar-refractivity contribution in [2.45, 2.75) is 19.5 Å². The number of alkyl halides is 2. The highest BCUT2D eigenvalue weighted by Crippen LogP contribution is 2.19. The number of esters is 1. The smallest absolute Gasteiger partial charge is 0.387 e. The van der Waals surface area contributed by atoms with Crippen molar-refractivity contribution in [1.82, 2.24) is 4.90 Å². The highest BCUT2D eigenvalue weighted by atomic mass is 19.3. The Morgan fingerprint density at radius 2 is 1.88 bits per heavy atom. The second kappa shape index (κ2) is 8.58. The average Bonchev–Trinajstić information content (AvgIpc) is 2.56. The number of carbonyl (C=O) groups excluding carboxylic acids is 2. The Labute approximate surface area is 138 Å². The second-order valence-corrected chi connectivity index (χ2v) is 5.52. The molecular weight excluding hydrogens is 322 g/mol. The quantitative estimate of drug-likeness (QED) is 0.802. The number of nitrogens with zero attached hydrogens (tertiary/aromatic N) is 1. The van der Waals surface area contributed by atoms with Gasteiger partial charge in [0.05, 0.1) is 19.6 Å². The van der Waals surface area contributed by atoms with E-state index in [1.165, 1.54) is 31.4 Å². The van der Waals surface area contributed by atoms with Crippen LogP contribution in [-0.2, 0) is 14.3 Å². The van der Waals surface area contributed by atoms with Gasteiger partial charge >= 0.3 is 12.6 Å². The molecule has 0 aromatic heterocycles. The number of halogens is 2. The first-order valence-corrected chi connectivity index (χ1v) is 7.63. The molecule has 0 unspecified atom stereocenters. The van der Waals surface area contributed by atoms with Gasteiger partial charge in [0, 0.05) is 5.69 Å². The SMILES string of the molecule is COC(=O)C1CCN(CC(=O)Nc2ccc(OC(F)F)cc2)CC1. The predicted molar refractivity (Wildman–Crippen MR) is 82.9 cm³/mol. The van der Waals surface area contributed by atoms with Gasteiger partial charge < -0.3 is 14.8 Å². The van der Waals surface area contributed by atoms with E-state index in [4.69, 9.17) is 4.74 Å². The molecule has 1 aliphatic heterocycles. The van der Waals surface area contributed by atoms with Crippen LogP contribution in [0.4, 0.5) is 14.5 Å². The van der Waals surface area contributed by atoms with Gasteiger partial charge in [-0.3, -0.25) is 14.5 Å². The van der Waals surface area contributed by atoms with E-state index in [1.54, 1.807) is 0 Å². The van der Waals surface area contributed by atoms with Crippen LogP contribution in [-0.4, -0.2) is 50.1 Å². The molecule has 24 heavy (non-hydrogen) atoms. The van der Waals surface area contributed by atoms with Crippen molar-refractivity contribution in [3.8, 4) is 5.75 Å². The van der Waals surface area contributed by atoms with Crippen LogP contribution in [0.5, 0.6) is 5.75 Å². The molecule has 2 rings (SSSR count). The van der Waals surface area contributed by atoms with Gasteiger partial charge in [-0.2, -0.15) is 8.78 Å². The van der Waals surface area contributed by atoms with Crippen LogP contribution < -0.4 is 10.1 Å². The molecule has 0 spiro atoms. The zero-order valence-electron chi connectivity index (χ0n) is 13.3. The van der Waals surface area contributed by atoms with E-state index in [9.17, 15) is 18.4 Å². The van der Waals surface area contributed by atoms with Crippen LogP contribution in [0.2, 0.25) is 0 Å². The summed E-state index contributed by atoms with van der Waals surface area (Å²) in [6.07, 6.45) is 1.33. The van der Waals surface area contributed by atoms with E-state index in [2.05, 4.69) is 10.1 Å². The van der Waals surface area contributed by atoms with Crippen molar-refractivity contribution in [2.75, 3.05) is 32.1 Å². The third kappa shape index (κ3) is 5.45. The lowest BCUT2D eigenvalue weighted by Gasteiger charge is -2.29. The summed E-state index contributed by atoms with van der Waals surface area (Å²) in [6.45, 7) is -1.37. The molecule has 1 saturated heterocycles. The lowest BCUT2D eigenvalue weighted by Crippen LogP contribution is -2.41. The minimum atomic E-state index is -2.88. The molecule has 0 saturated carbocycles. The van der Waals surface area contributed by atoms with Gasteiger partial charge in [-0.25, -0.2) is 0 Å². The Morgan fingerprint density at radius 1 is 1.25 bits per heavy atom. The van der Waals surface area contributed by atoms with E-state index in [0.717, 1.165) is 0 Å². The lowest BCUT2D eigenvalue weighted by atomic mass is 9.97. The first kappa shape index (κ1) is 18.1. The minimum absolute atomic E-state index is 0.0351. The standard InChI is InChI=1S/C16H20F2N2O4/c1-23-15(22)11-6-8-20(9-7-11)10-14(21)19-12-2-4-13(5-3-12)24-16(17)18/h2-5,11,16H,6-10H2,1H3,(H,19,21). The molecule has 6 nitrogen and oxygen atoms in total. The maximum atomic E-state index is 12.1. The Balaban J connectivity index is 1.76. The lowest BCUT2D eigenvalue weighted by molar-refractivity contribution is -0.147. The van der Waals surface area contributed by atoms with Crippen LogP contribution >= 0.6 is 0 Å². The van der Waals surface area contributed by atoms with Gasteiger partial charge in [0.2, 0.25) is 5.91 Å². The summed E-state index contributed by atoms with van der Waals surface area (Å²) in [7, 11) is 1.37. The average molecular weight is 342 g/mol. The number of methoxy groups -OCH3 is 1. The number of hydrogen-bond donors (Lipinski definition) is 1. The first-order chi connectivity index (χ1) is 11.5. The minimum Gasteiger partial charge on any atom is -0.469 e. The summed E-state index contributed by atoms with van der Waals surface area (Å²) >= 11 is 0. The number of benzene rings is 1. The molecule has 1 fully saturated rings. The zero-order chi connectivity index (χ0) is 17.5. The maximum absolute atomic E-state index is 12.1. The number of hydrogen-bond acceptors (Lipinski definition) is 5. The van der Waals surface area contributed by atoms with Gasteiger partial charge in [0.15, 0.2) is 0 Å². The zero-order valence-corrected chi connectivity index (χ0v) is 13.3. The normalized spacial score (nSPS) is 16.0. The summed E-state index contributed by atoms with van der Waals surface area (Å²) in [5.41, 5.74) is 0.506. The molecule has 1 aromatic carbocycles. The van der Waals surface area contributed by atoms with Gasteiger partial charge in [-0.1, -0.05) is 0 Å². The third-order valence-electron chi connectivity index (χ3n) is 3.85. The van der Waals surface area contributed by atoms with Crippen molar-refractivity contribution < 1.29 is 27.8 Å². The topological polar surface area (TPSA) is 67.9 Å². The van der Waals surface area contributed by atoms with E-state index in [-0.39, 0.29) is 30.1 Å². The number of anilines is 1. The molecule has 1 N–H and O–H groups in total. The monoisotopic (exact) mass is 342 g/mol. The first-order valence-electron chi connectivity index (χ1n) is 7.63. The summed E-state index contributed by atoms with van der Waals surface area (Å²) in [6, 6.07) is 5.73. The van der Waals surface area contributed by atoms with Crippen LogP contribution in [0.15, 0.2) is 24.3 Å². The van der Waals surface area contributed by atoms with Crippen molar-refractivity contribution in [3.63, 3.8) is 0 Å². The number of piperidine rings is 1. The summed E-state index contributed by atoms with van der Waals surface area (Å²) in [5, 5.41) is 2.70.